The molecule has 0 unspecified atom stereocenters. The van der Waals surface area contributed by atoms with Gasteiger partial charge in [-0.25, -0.2) is 17.1 Å². The Morgan fingerprint density at radius 3 is 2.58 bits per heavy atom. The molecule has 0 radical (unpaired) electrons. The van der Waals surface area contributed by atoms with Crippen molar-refractivity contribution in [1.82, 2.24) is 14.6 Å². The van der Waals surface area contributed by atoms with Crippen LogP contribution in [0.3, 0.4) is 0 Å². The third-order valence-electron chi connectivity index (χ3n) is 6.24. The highest BCUT2D eigenvalue weighted by Crippen LogP contribution is 2.36. The Balaban J connectivity index is 1.61. The van der Waals surface area contributed by atoms with Crippen molar-refractivity contribution >= 4 is 20.9 Å². The highest BCUT2D eigenvalue weighted by molar-refractivity contribution is 7.89. The molecule has 1 aliphatic rings. The second-order valence-electron chi connectivity index (χ2n) is 8.21. The van der Waals surface area contributed by atoms with Crippen LogP contribution in [-0.4, -0.2) is 43.1 Å². The van der Waals surface area contributed by atoms with Gasteiger partial charge in [0.15, 0.2) is 0 Å². The summed E-state index contributed by atoms with van der Waals surface area (Å²) in [6.07, 6.45) is 3.66. The van der Waals surface area contributed by atoms with Gasteiger partial charge in [-0.15, -0.1) is 0 Å². The Kier molecular flexibility index (Phi) is 6.46. The van der Waals surface area contributed by atoms with Crippen LogP contribution in [0.25, 0.3) is 22.0 Å². The summed E-state index contributed by atoms with van der Waals surface area (Å²) in [5, 5.41) is 4.38. The number of piperidine rings is 1. The number of rotatable bonds is 7. The quantitative estimate of drug-likeness (QED) is 0.560. The molecule has 0 saturated carbocycles. The van der Waals surface area contributed by atoms with Crippen molar-refractivity contribution in [2.24, 2.45) is 0 Å². The van der Waals surface area contributed by atoms with E-state index in [-0.39, 0.29) is 11.6 Å². The van der Waals surface area contributed by atoms with Crippen LogP contribution >= 0.6 is 0 Å². The molecule has 4 rings (SSSR count). The Labute approximate surface area is 183 Å². The SMILES string of the molecule is CCNCc1cc(F)cc(-c2ccc3[nH]cc(C4CCN(S(=O)(=O)CC)CC4)c3c2)c1. The molecule has 0 amide bonds. The number of fused-ring (bicyclic) bond motifs is 1. The van der Waals surface area contributed by atoms with E-state index in [1.165, 1.54) is 5.56 Å². The normalized spacial score (nSPS) is 16.2. The van der Waals surface area contributed by atoms with Crippen LogP contribution in [0.4, 0.5) is 4.39 Å². The van der Waals surface area contributed by atoms with Crippen molar-refractivity contribution in [3.8, 4) is 11.1 Å². The van der Waals surface area contributed by atoms with Crippen molar-refractivity contribution in [3.05, 3.63) is 59.5 Å². The standard InChI is InChI=1S/C24H30FN3O2S/c1-3-26-15-17-11-20(13-21(25)12-17)19-5-6-24-22(14-19)23(16-27-24)18-7-9-28(10-8-18)31(29,30)4-2/h5-6,11-14,16,18,26-27H,3-4,7-10,15H2,1-2H3. The summed E-state index contributed by atoms with van der Waals surface area (Å²) < 4.78 is 40.2. The summed E-state index contributed by atoms with van der Waals surface area (Å²) in [6.45, 7) is 6.32. The van der Waals surface area contributed by atoms with Crippen LogP contribution in [0.2, 0.25) is 0 Å². The molecule has 1 saturated heterocycles. The Morgan fingerprint density at radius 1 is 1.10 bits per heavy atom. The summed E-state index contributed by atoms with van der Waals surface area (Å²) in [4.78, 5) is 3.35. The maximum atomic E-state index is 14.2. The lowest BCUT2D eigenvalue weighted by Gasteiger charge is -2.30. The first-order chi connectivity index (χ1) is 14.9. The van der Waals surface area contributed by atoms with Crippen LogP contribution in [0, 0.1) is 5.82 Å². The van der Waals surface area contributed by atoms with Crippen LogP contribution in [-0.2, 0) is 16.6 Å². The number of aromatic nitrogens is 1. The van der Waals surface area contributed by atoms with Gasteiger partial charge in [-0.3, -0.25) is 0 Å². The topological polar surface area (TPSA) is 65.2 Å². The van der Waals surface area contributed by atoms with Crippen LogP contribution in [0.15, 0.2) is 42.6 Å². The largest absolute Gasteiger partial charge is 0.361 e. The van der Waals surface area contributed by atoms with Crippen LogP contribution in [0.5, 0.6) is 0 Å². The Bertz CT molecular complexity index is 1160. The van der Waals surface area contributed by atoms with Gasteiger partial charge < -0.3 is 10.3 Å². The Hall–Kier alpha value is -2.22. The molecule has 1 aromatic heterocycles. The number of hydrogen-bond donors (Lipinski definition) is 2. The van der Waals surface area contributed by atoms with Gasteiger partial charge in [0.25, 0.3) is 0 Å². The fraction of sp³-hybridized carbons (Fsp3) is 0.417. The lowest BCUT2D eigenvalue weighted by molar-refractivity contribution is 0.321. The van der Waals surface area contributed by atoms with Crippen LogP contribution in [0.1, 0.15) is 43.7 Å². The van der Waals surface area contributed by atoms with E-state index >= 15 is 0 Å². The van der Waals surface area contributed by atoms with Gasteiger partial charge in [0.2, 0.25) is 10.0 Å². The minimum Gasteiger partial charge on any atom is -0.361 e. The summed E-state index contributed by atoms with van der Waals surface area (Å²) in [7, 11) is -3.13. The third-order valence-corrected chi connectivity index (χ3v) is 8.12. The molecule has 0 aliphatic carbocycles. The van der Waals surface area contributed by atoms with E-state index in [1.54, 1.807) is 23.4 Å². The molecule has 2 heterocycles. The van der Waals surface area contributed by atoms with E-state index in [9.17, 15) is 12.8 Å². The summed E-state index contributed by atoms with van der Waals surface area (Å²) >= 11 is 0. The summed E-state index contributed by atoms with van der Waals surface area (Å²) in [5.74, 6) is 0.228. The van der Waals surface area contributed by atoms with Crippen molar-refractivity contribution < 1.29 is 12.8 Å². The molecule has 0 bridgehead atoms. The van der Waals surface area contributed by atoms with Gasteiger partial charge in [0.1, 0.15) is 5.82 Å². The van der Waals surface area contributed by atoms with Gasteiger partial charge >= 0.3 is 0 Å². The molecule has 7 heteroatoms. The van der Waals surface area contributed by atoms with E-state index in [2.05, 4.69) is 16.4 Å². The number of hydrogen-bond acceptors (Lipinski definition) is 3. The van der Waals surface area contributed by atoms with Crippen molar-refractivity contribution in [2.75, 3.05) is 25.4 Å². The molecular formula is C24H30FN3O2S. The first-order valence-corrected chi connectivity index (χ1v) is 12.6. The van der Waals surface area contributed by atoms with Gasteiger partial charge in [0, 0.05) is 36.7 Å². The van der Waals surface area contributed by atoms with E-state index in [1.807, 2.05) is 31.3 Å². The zero-order chi connectivity index (χ0) is 22.0. The number of nitrogens with one attached hydrogen (secondary N) is 2. The lowest BCUT2D eigenvalue weighted by Crippen LogP contribution is -2.38. The van der Waals surface area contributed by atoms with Gasteiger partial charge in [-0.2, -0.15) is 0 Å². The maximum absolute atomic E-state index is 14.2. The average molecular weight is 444 g/mol. The molecule has 1 aliphatic heterocycles. The first-order valence-electron chi connectivity index (χ1n) is 11.0. The summed E-state index contributed by atoms with van der Waals surface area (Å²) in [6, 6.07) is 11.4. The first kappa shape index (κ1) is 22.0. The average Bonchev–Trinajstić information content (AvgIpc) is 3.20. The lowest BCUT2D eigenvalue weighted by atomic mass is 9.89. The molecular weight excluding hydrogens is 413 g/mol. The minimum atomic E-state index is -3.13. The fourth-order valence-corrected chi connectivity index (χ4v) is 5.61. The number of H-pyrrole nitrogens is 1. The number of halogens is 1. The molecule has 3 aromatic rings. The van der Waals surface area contributed by atoms with E-state index in [0.717, 1.165) is 47.0 Å². The van der Waals surface area contributed by atoms with Crippen molar-refractivity contribution in [3.63, 3.8) is 0 Å². The number of nitrogens with zero attached hydrogens (tertiary/aromatic N) is 1. The van der Waals surface area contributed by atoms with E-state index in [0.29, 0.717) is 25.6 Å². The predicted octanol–water partition coefficient (Wildman–Crippen LogP) is 4.61. The minimum absolute atomic E-state index is 0.150. The molecule has 0 spiro atoms. The van der Waals surface area contributed by atoms with Gasteiger partial charge in [0.05, 0.1) is 5.75 Å². The molecule has 31 heavy (non-hydrogen) atoms. The van der Waals surface area contributed by atoms with Crippen molar-refractivity contribution in [1.29, 1.82) is 0 Å². The van der Waals surface area contributed by atoms with Crippen molar-refractivity contribution in [2.45, 2.75) is 39.2 Å². The highest BCUT2D eigenvalue weighted by Gasteiger charge is 2.28. The molecule has 2 aromatic carbocycles. The molecule has 166 valence electrons. The van der Waals surface area contributed by atoms with Gasteiger partial charge in [-0.1, -0.05) is 13.0 Å². The van der Waals surface area contributed by atoms with E-state index < -0.39 is 10.0 Å². The summed E-state index contributed by atoms with van der Waals surface area (Å²) in [5.41, 5.74) is 5.04. The third kappa shape index (κ3) is 4.68. The molecule has 2 N–H and O–H groups in total. The molecule has 5 nitrogen and oxygen atoms in total. The smallest absolute Gasteiger partial charge is 0.213 e. The monoisotopic (exact) mass is 443 g/mol. The zero-order valence-corrected chi connectivity index (χ0v) is 18.9. The molecule has 1 fully saturated rings. The fourth-order valence-electron chi connectivity index (χ4n) is 4.48. The second kappa shape index (κ2) is 9.10. The van der Waals surface area contributed by atoms with E-state index in [4.69, 9.17) is 0 Å². The number of aromatic amines is 1. The van der Waals surface area contributed by atoms with Gasteiger partial charge in [-0.05, 0) is 84.8 Å². The predicted molar refractivity (Wildman–Crippen MR) is 124 cm³/mol. The second-order valence-corrected chi connectivity index (χ2v) is 10.5. The number of sulfonamides is 1. The molecule has 0 atom stereocenters. The van der Waals surface area contributed by atoms with Crippen LogP contribution < -0.4 is 5.32 Å². The Morgan fingerprint density at radius 2 is 1.87 bits per heavy atom. The highest BCUT2D eigenvalue weighted by atomic mass is 32.2. The maximum Gasteiger partial charge on any atom is 0.213 e. The number of benzene rings is 2. The zero-order valence-electron chi connectivity index (χ0n) is 18.1.